The third kappa shape index (κ3) is 4.24. The summed E-state index contributed by atoms with van der Waals surface area (Å²) < 4.78 is 10.2. The van der Waals surface area contributed by atoms with Crippen LogP contribution in [0.4, 0.5) is 17.1 Å². The van der Waals surface area contributed by atoms with E-state index in [9.17, 15) is 10.1 Å². The molecule has 126 valence electrons. The van der Waals surface area contributed by atoms with Crippen molar-refractivity contribution in [3.05, 3.63) is 51.5 Å². The molecule has 0 heterocycles. The van der Waals surface area contributed by atoms with Crippen molar-refractivity contribution in [2.45, 2.75) is 0 Å². The Morgan fingerprint density at radius 3 is 2.46 bits per heavy atom. The molecule has 0 spiro atoms. The first kappa shape index (κ1) is 17.8. The minimum absolute atomic E-state index is 0.156. The summed E-state index contributed by atoms with van der Waals surface area (Å²) in [5.41, 5.74) is 0.620. The maximum absolute atomic E-state index is 11.2. The van der Waals surface area contributed by atoms with Gasteiger partial charge in [0.25, 0.3) is 5.69 Å². The molecule has 0 aliphatic rings. The van der Waals surface area contributed by atoms with Gasteiger partial charge in [-0.2, -0.15) is 0 Å². The Hall–Kier alpha value is -2.58. The van der Waals surface area contributed by atoms with Gasteiger partial charge < -0.3 is 20.1 Å². The second-order valence-electron chi connectivity index (χ2n) is 4.56. The van der Waals surface area contributed by atoms with Crippen molar-refractivity contribution in [2.75, 3.05) is 24.9 Å². The van der Waals surface area contributed by atoms with Crippen molar-refractivity contribution in [2.24, 2.45) is 0 Å². The zero-order valence-corrected chi connectivity index (χ0v) is 14.4. The second-order valence-corrected chi connectivity index (χ2v) is 5.41. The molecular weight excluding hydrogens is 354 g/mol. The van der Waals surface area contributed by atoms with Gasteiger partial charge in [-0.25, -0.2) is 0 Å². The smallest absolute Gasteiger partial charge is 0.296 e. The number of benzene rings is 2. The van der Waals surface area contributed by atoms with E-state index in [1.54, 1.807) is 24.3 Å². The predicted molar refractivity (Wildman–Crippen MR) is 97.5 cm³/mol. The Kier molecular flexibility index (Phi) is 5.78. The third-order valence-corrected chi connectivity index (χ3v) is 3.50. The largest absolute Gasteiger partial charge is 0.496 e. The van der Waals surface area contributed by atoms with Gasteiger partial charge >= 0.3 is 0 Å². The predicted octanol–water partition coefficient (Wildman–Crippen LogP) is 4.07. The van der Waals surface area contributed by atoms with E-state index in [-0.39, 0.29) is 16.5 Å². The number of rotatable bonds is 5. The number of halogens is 1. The minimum atomic E-state index is -0.520. The summed E-state index contributed by atoms with van der Waals surface area (Å²) in [4.78, 5) is 10.7. The van der Waals surface area contributed by atoms with E-state index in [0.717, 1.165) is 0 Å². The number of nitrogens with zero attached hydrogens (tertiary/aromatic N) is 1. The molecule has 2 aromatic rings. The van der Waals surface area contributed by atoms with E-state index in [4.69, 9.17) is 33.3 Å². The van der Waals surface area contributed by atoms with Crippen molar-refractivity contribution >= 4 is 46.0 Å². The van der Waals surface area contributed by atoms with Crippen LogP contribution in [0.1, 0.15) is 0 Å². The summed E-state index contributed by atoms with van der Waals surface area (Å²) in [6.45, 7) is 0. The molecule has 0 atom stereocenters. The maximum Gasteiger partial charge on any atom is 0.296 e. The Morgan fingerprint density at radius 1 is 1.12 bits per heavy atom. The summed E-state index contributed by atoms with van der Waals surface area (Å²) in [6.07, 6.45) is 0. The molecule has 0 fully saturated rings. The Labute approximate surface area is 148 Å². The van der Waals surface area contributed by atoms with Gasteiger partial charge in [-0.1, -0.05) is 11.6 Å². The lowest BCUT2D eigenvalue weighted by atomic mass is 10.2. The quantitative estimate of drug-likeness (QED) is 0.468. The maximum atomic E-state index is 11.2. The van der Waals surface area contributed by atoms with Crippen LogP contribution >= 0.6 is 23.8 Å². The molecule has 0 amide bonds. The van der Waals surface area contributed by atoms with Gasteiger partial charge in [0.2, 0.25) is 0 Å². The molecule has 9 heteroatoms. The Balaban J connectivity index is 2.21. The van der Waals surface area contributed by atoms with Crippen LogP contribution in [-0.4, -0.2) is 24.3 Å². The van der Waals surface area contributed by atoms with E-state index in [2.05, 4.69) is 10.6 Å². The van der Waals surface area contributed by atoms with Crippen molar-refractivity contribution < 1.29 is 14.4 Å². The summed E-state index contributed by atoms with van der Waals surface area (Å²) in [7, 11) is 2.95. The zero-order chi connectivity index (χ0) is 17.7. The van der Waals surface area contributed by atoms with Gasteiger partial charge in [0.1, 0.15) is 17.2 Å². The highest BCUT2D eigenvalue weighted by atomic mass is 35.5. The van der Waals surface area contributed by atoms with Gasteiger partial charge in [-0.05, 0) is 42.5 Å². The van der Waals surface area contributed by atoms with Crippen LogP contribution < -0.4 is 20.1 Å². The number of anilines is 2. The van der Waals surface area contributed by atoms with Crippen LogP contribution in [0.2, 0.25) is 5.02 Å². The van der Waals surface area contributed by atoms with Crippen molar-refractivity contribution in [1.29, 1.82) is 0 Å². The fraction of sp³-hybridized carbons (Fsp3) is 0.133. The van der Waals surface area contributed by atoms with E-state index in [1.165, 1.54) is 26.4 Å². The number of nitro benzene ring substituents is 1. The summed E-state index contributed by atoms with van der Waals surface area (Å²) in [5, 5.41) is 17.5. The van der Waals surface area contributed by atoms with E-state index < -0.39 is 4.92 Å². The van der Waals surface area contributed by atoms with Crippen LogP contribution in [-0.2, 0) is 0 Å². The number of hydrogen-bond acceptors (Lipinski definition) is 5. The van der Waals surface area contributed by atoms with Gasteiger partial charge in [0.05, 0.1) is 30.9 Å². The van der Waals surface area contributed by atoms with Crippen molar-refractivity contribution in [3.63, 3.8) is 0 Å². The highest BCUT2D eigenvalue weighted by molar-refractivity contribution is 7.80. The average Bonchev–Trinajstić information content (AvgIpc) is 2.55. The fourth-order valence-electron chi connectivity index (χ4n) is 1.95. The second kappa shape index (κ2) is 7.80. The first-order chi connectivity index (χ1) is 11.4. The molecule has 0 unspecified atom stereocenters. The third-order valence-electron chi connectivity index (χ3n) is 3.06. The molecular formula is C15H14ClN3O4S. The molecule has 2 N–H and O–H groups in total. The normalized spacial score (nSPS) is 9.96. The molecule has 2 aromatic carbocycles. The lowest BCUT2D eigenvalue weighted by Crippen LogP contribution is -2.20. The lowest BCUT2D eigenvalue weighted by Gasteiger charge is -2.14. The van der Waals surface area contributed by atoms with Crippen LogP contribution in [0.15, 0.2) is 36.4 Å². The molecule has 0 aliphatic carbocycles. The molecule has 0 aromatic heterocycles. The first-order valence-corrected chi connectivity index (χ1v) is 7.47. The zero-order valence-electron chi connectivity index (χ0n) is 12.8. The molecule has 0 radical (unpaired) electrons. The number of thiocarbonyl (C=S) groups is 1. The van der Waals surface area contributed by atoms with E-state index in [0.29, 0.717) is 22.2 Å². The fourth-order valence-corrected chi connectivity index (χ4v) is 2.34. The molecule has 7 nitrogen and oxygen atoms in total. The summed E-state index contributed by atoms with van der Waals surface area (Å²) in [6, 6.07) is 9.42. The molecule has 0 saturated carbocycles. The number of ether oxygens (including phenoxy) is 2. The number of methoxy groups -OCH3 is 2. The van der Waals surface area contributed by atoms with Gasteiger partial charge in [0, 0.05) is 5.02 Å². The molecule has 2 rings (SSSR count). The minimum Gasteiger partial charge on any atom is -0.496 e. The molecule has 24 heavy (non-hydrogen) atoms. The van der Waals surface area contributed by atoms with Crippen molar-refractivity contribution in [3.8, 4) is 11.5 Å². The first-order valence-electron chi connectivity index (χ1n) is 6.68. The van der Waals surface area contributed by atoms with Gasteiger partial charge in [0.15, 0.2) is 5.11 Å². The van der Waals surface area contributed by atoms with Gasteiger partial charge in [-0.3, -0.25) is 10.1 Å². The van der Waals surface area contributed by atoms with Crippen LogP contribution in [0.5, 0.6) is 11.5 Å². The van der Waals surface area contributed by atoms with Crippen LogP contribution in [0, 0.1) is 10.1 Å². The number of hydrogen-bond donors (Lipinski definition) is 2. The molecule has 0 bridgehead atoms. The van der Waals surface area contributed by atoms with E-state index >= 15 is 0 Å². The Morgan fingerprint density at radius 2 is 1.83 bits per heavy atom. The lowest BCUT2D eigenvalue weighted by molar-refractivity contribution is -0.384. The van der Waals surface area contributed by atoms with E-state index in [1.807, 2.05) is 0 Å². The molecule has 0 aliphatic heterocycles. The number of nitro groups is 1. The number of nitrogens with one attached hydrogen (secondary N) is 2. The van der Waals surface area contributed by atoms with Crippen LogP contribution in [0.25, 0.3) is 0 Å². The van der Waals surface area contributed by atoms with Gasteiger partial charge in [-0.15, -0.1) is 0 Å². The highest BCUT2D eigenvalue weighted by Crippen LogP contribution is 2.30. The van der Waals surface area contributed by atoms with Crippen molar-refractivity contribution in [1.82, 2.24) is 0 Å². The standard InChI is InChI=1S/C15H14ClN3O4S/c1-22-10-4-5-11(13(8-10)19(20)21)17-15(24)18-12-7-9(16)3-6-14(12)23-2/h3-8H,1-2H3,(H2,17,18,24). The molecule has 0 saturated heterocycles. The topological polar surface area (TPSA) is 85.7 Å². The monoisotopic (exact) mass is 367 g/mol. The highest BCUT2D eigenvalue weighted by Gasteiger charge is 2.16. The SMILES string of the molecule is COc1ccc(NC(=S)Nc2cc(Cl)ccc2OC)c([N+](=O)[O-])c1. The van der Waals surface area contributed by atoms with Crippen LogP contribution in [0.3, 0.4) is 0 Å². The summed E-state index contributed by atoms with van der Waals surface area (Å²) >= 11 is 11.2. The summed E-state index contributed by atoms with van der Waals surface area (Å²) in [5.74, 6) is 0.912. The average molecular weight is 368 g/mol. The Bertz CT molecular complexity index is 785.